The maximum Gasteiger partial charge on any atom is 0.293 e. The van der Waals surface area contributed by atoms with Gasteiger partial charge in [0.05, 0.1) is 0 Å². The van der Waals surface area contributed by atoms with Crippen LogP contribution in [0.1, 0.15) is 39.0 Å². The van der Waals surface area contributed by atoms with Gasteiger partial charge < -0.3 is 9.88 Å². The van der Waals surface area contributed by atoms with Crippen molar-refractivity contribution in [1.29, 1.82) is 0 Å². The van der Waals surface area contributed by atoms with Gasteiger partial charge in [0.25, 0.3) is 5.56 Å². The van der Waals surface area contributed by atoms with E-state index in [1.807, 2.05) is 0 Å². The van der Waals surface area contributed by atoms with Crippen LogP contribution in [0.15, 0.2) is 17.2 Å². The summed E-state index contributed by atoms with van der Waals surface area (Å²) in [6.07, 6.45) is 9.85. The molecule has 0 aromatic carbocycles. The maximum absolute atomic E-state index is 12.1. The smallest absolute Gasteiger partial charge is 0.293 e. The summed E-state index contributed by atoms with van der Waals surface area (Å²) in [6, 6.07) is 0. The average Bonchev–Trinajstić information content (AvgIpc) is 3.24. The predicted molar refractivity (Wildman–Crippen MR) is 71.7 cm³/mol. The standard InChI is InChI=1S/C14H21N3O/c1-2-8-17-9-7-15-12(13(17)18)16-10-14(5-6-14)11-3-4-11/h7,9,11H,2-6,8,10H2,1H3,(H,15,16). The van der Waals surface area contributed by atoms with Crippen LogP contribution >= 0.6 is 0 Å². The van der Waals surface area contributed by atoms with E-state index in [4.69, 9.17) is 0 Å². The molecule has 4 nitrogen and oxygen atoms in total. The number of nitrogens with zero attached hydrogens (tertiary/aromatic N) is 2. The second kappa shape index (κ2) is 4.41. The Morgan fingerprint density at radius 1 is 1.50 bits per heavy atom. The van der Waals surface area contributed by atoms with E-state index in [2.05, 4.69) is 17.2 Å². The van der Waals surface area contributed by atoms with Crippen LogP contribution in [0.4, 0.5) is 5.82 Å². The first-order valence-electron chi connectivity index (χ1n) is 7.04. The summed E-state index contributed by atoms with van der Waals surface area (Å²) in [4.78, 5) is 16.3. The van der Waals surface area contributed by atoms with Gasteiger partial charge in [-0.15, -0.1) is 0 Å². The zero-order chi connectivity index (χ0) is 12.6. The number of hydrogen-bond donors (Lipinski definition) is 1. The van der Waals surface area contributed by atoms with Crippen molar-refractivity contribution >= 4 is 5.82 Å². The zero-order valence-corrected chi connectivity index (χ0v) is 11.0. The number of aryl methyl sites for hydroxylation is 1. The number of nitrogens with one attached hydrogen (secondary N) is 1. The molecule has 3 rings (SSSR count). The Bertz CT molecular complexity index is 486. The topological polar surface area (TPSA) is 46.9 Å². The lowest BCUT2D eigenvalue weighted by atomic mass is 10.0. The summed E-state index contributed by atoms with van der Waals surface area (Å²) in [6.45, 7) is 3.77. The number of rotatable bonds is 6. The number of aromatic nitrogens is 2. The van der Waals surface area contributed by atoms with Crippen LogP contribution in [0, 0.1) is 11.3 Å². The second-order valence-corrected chi connectivity index (χ2v) is 5.76. The molecule has 0 bridgehead atoms. The molecule has 98 valence electrons. The highest BCUT2D eigenvalue weighted by Gasteiger charge is 2.53. The van der Waals surface area contributed by atoms with Crippen LogP contribution in [-0.2, 0) is 6.54 Å². The normalized spacial score (nSPS) is 20.7. The fraction of sp³-hybridized carbons (Fsp3) is 0.714. The molecule has 0 radical (unpaired) electrons. The maximum atomic E-state index is 12.1. The monoisotopic (exact) mass is 247 g/mol. The fourth-order valence-corrected chi connectivity index (χ4v) is 2.83. The third-order valence-electron chi connectivity index (χ3n) is 4.32. The lowest BCUT2D eigenvalue weighted by molar-refractivity contribution is 0.465. The highest BCUT2D eigenvalue weighted by molar-refractivity contribution is 5.32. The SMILES string of the molecule is CCCn1ccnc(NCC2(C3CC3)CC2)c1=O. The average molecular weight is 247 g/mol. The highest BCUT2D eigenvalue weighted by Crippen LogP contribution is 2.61. The van der Waals surface area contributed by atoms with Crippen LogP contribution in [0.25, 0.3) is 0 Å². The Labute approximate surface area is 107 Å². The molecule has 0 amide bonds. The summed E-state index contributed by atoms with van der Waals surface area (Å²) in [5, 5.41) is 3.29. The number of hydrogen-bond acceptors (Lipinski definition) is 3. The molecule has 1 aromatic heterocycles. The van der Waals surface area contributed by atoms with Gasteiger partial charge in [-0.2, -0.15) is 0 Å². The second-order valence-electron chi connectivity index (χ2n) is 5.76. The third-order valence-corrected chi connectivity index (χ3v) is 4.32. The Kier molecular flexibility index (Phi) is 2.88. The summed E-state index contributed by atoms with van der Waals surface area (Å²) < 4.78 is 1.74. The summed E-state index contributed by atoms with van der Waals surface area (Å²) in [5.41, 5.74) is 0.519. The quantitative estimate of drug-likeness (QED) is 0.838. The van der Waals surface area contributed by atoms with Crippen molar-refractivity contribution in [3.05, 3.63) is 22.7 Å². The van der Waals surface area contributed by atoms with Gasteiger partial charge in [0.15, 0.2) is 5.82 Å². The van der Waals surface area contributed by atoms with Gasteiger partial charge in [-0.05, 0) is 43.4 Å². The zero-order valence-electron chi connectivity index (χ0n) is 11.0. The molecule has 4 heteroatoms. The minimum atomic E-state index is 0.0194. The molecule has 1 heterocycles. The Morgan fingerprint density at radius 3 is 2.89 bits per heavy atom. The molecule has 2 fully saturated rings. The largest absolute Gasteiger partial charge is 0.365 e. The van der Waals surface area contributed by atoms with E-state index in [1.165, 1.54) is 25.7 Å². The van der Waals surface area contributed by atoms with E-state index < -0.39 is 0 Å². The van der Waals surface area contributed by atoms with Crippen LogP contribution in [0.2, 0.25) is 0 Å². The van der Waals surface area contributed by atoms with E-state index in [0.717, 1.165) is 25.4 Å². The minimum absolute atomic E-state index is 0.0194. The molecule has 1 aromatic rings. The predicted octanol–water partition coefficient (Wildman–Crippen LogP) is 2.26. The molecule has 0 spiro atoms. The third kappa shape index (κ3) is 2.16. The molecule has 1 N–H and O–H groups in total. The molecule has 2 saturated carbocycles. The Hall–Kier alpha value is -1.32. The Balaban J connectivity index is 1.69. The first-order chi connectivity index (χ1) is 8.75. The van der Waals surface area contributed by atoms with Crippen molar-refractivity contribution in [2.24, 2.45) is 11.3 Å². The van der Waals surface area contributed by atoms with Gasteiger partial charge in [0.2, 0.25) is 0 Å². The summed E-state index contributed by atoms with van der Waals surface area (Å²) in [5.74, 6) is 1.43. The molecule has 0 aliphatic heterocycles. The van der Waals surface area contributed by atoms with Gasteiger partial charge in [-0.3, -0.25) is 4.79 Å². The molecule has 18 heavy (non-hydrogen) atoms. The van der Waals surface area contributed by atoms with Crippen LogP contribution in [0.5, 0.6) is 0 Å². The van der Waals surface area contributed by atoms with Gasteiger partial charge in [0, 0.05) is 25.5 Å². The van der Waals surface area contributed by atoms with Gasteiger partial charge >= 0.3 is 0 Å². The van der Waals surface area contributed by atoms with E-state index in [0.29, 0.717) is 11.2 Å². The molecule has 2 aliphatic carbocycles. The molecule has 0 unspecified atom stereocenters. The van der Waals surface area contributed by atoms with E-state index in [9.17, 15) is 4.79 Å². The van der Waals surface area contributed by atoms with E-state index in [-0.39, 0.29) is 5.56 Å². The van der Waals surface area contributed by atoms with Crippen molar-refractivity contribution in [3.63, 3.8) is 0 Å². The molecular formula is C14H21N3O. The lowest BCUT2D eigenvalue weighted by Gasteiger charge is -2.15. The van der Waals surface area contributed by atoms with E-state index >= 15 is 0 Å². The van der Waals surface area contributed by atoms with Crippen molar-refractivity contribution in [3.8, 4) is 0 Å². The number of anilines is 1. The van der Waals surface area contributed by atoms with Crippen LogP contribution in [-0.4, -0.2) is 16.1 Å². The lowest BCUT2D eigenvalue weighted by Crippen LogP contribution is -2.27. The van der Waals surface area contributed by atoms with Gasteiger partial charge in [-0.1, -0.05) is 6.92 Å². The summed E-state index contributed by atoms with van der Waals surface area (Å²) >= 11 is 0. The molecule has 0 atom stereocenters. The first-order valence-corrected chi connectivity index (χ1v) is 7.04. The fourth-order valence-electron chi connectivity index (χ4n) is 2.83. The molecular weight excluding hydrogens is 226 g/mol. The minimum Gasteiger partial charge on any atom is -0.365 e. The Morgan fingerprint density at radius 2 is 2.28 bits per heavy atom. The van der Waals surface area contributed by atoms with Crippen LogP contribution in [0.3, 0.4) is 0 Å². The first kappa shape index (κ1) is 11.8. The molecule has 0 saturated heterocycles. The van der Waals surface area contributed by atoms with E-state index in [1.54, 1.807) is 17.0 Å². The highest BCUT2D eigenvalue weighted by atomic mass is 16.1. The molecule has 2 aliphatic rings. The van der Waals surface area contributed by atoms with Crippen molar-refractivity contribution in [2.45, 2.75) is 45.6 Å². The van der Waals surface area contributed by atoms with Crippen molar-refractivity contribution in [1.82, 2.24) is 9.55 Å². The van der Waals surface area contributed by atoms with Crippen molar-refractivity contribution < 1.29 is 0 Å². The van der Waals surface area contributed by atoms with Crippen molar-refractivity contribution in [2.75, 3.05) is 11.9 Å². The van der Waals surface area contributed by atoms with Crippen LogP contribution < -0.4 is 10.9 Å². The van der Waals surface area contributed by atoms with Gasteiger partial charge in [0.1, 0.15) is 0 Å². The summed E-state index contributed by atoms with van der Waals surface area (Å²) in [7, 11) is 0. The van der Waals surface area contributed by atoms with Gasteiger partial charge in [-0.25, -0.2) is 4.98 Å².